The highest BCUT2D eigenvalue weighted by Gasteiger charge is 2.24. The minimum absolute atomic E-state index is 0.0697. The Morgan fingerprint density at radius 2 is 2.46 bits per heavy atom. The van der Waals surface area contributed by atoms with Crippen molar-refractivity contribution in [3.05, 3.63) is 0 Å². The van der Waals surface area contributed by atoms with Gasteiger partial charge in [-0.25, -0.2) is 0 Å². The average molecular weight is 185 g/mol. The maximum absolute atomic E-state index is 11.3. The Balaban J connectivity index is 2.41. The number of rotatable bonds is 4. The quantitative estimate of drug-likeness (QED) is 0.602. The minimum Gasteiger partial charge on any atom is -0.330 e. The number of nitrogens with zero attached hydrogens (tertiary/aromatic N) is 1. The maximum Gasteiger partial charge on any atom is 0.148 e. The summed E-state index contributed by atoms with van der Waals surface area (Å²) < 4.78 is 0. The van der Waals surface area contributed by atoms with Gasteiger partial charge in [0, 0.05) is 26.2 Å². The van der Waals surface area contributed by atoms with Crippen LogP contribution in [0.15, 0.2) is 0 Å². The molecule has 0 bridgehead atoms. The zero-order chi connectivity index (χ0) is 9.68. The van der Waals surface area contributed by atoms with Crippen molar-refractivity contribution in [3.63, 3.8) is 0 Å². The lowest BCUT2D eigenvalue weighted by Crippen LogP contribution is -2.54. The Labute approximate surface area is 79.5 Å². The molecule has 0 aromatic carbocycles. The van der Waals surface area contributed by atoms with E-state index in [0.29, 0.717) is 6.54 Å². The van der Waals surface area contributed by atoms with Gasteiger partial charge in [-0.15, -0.1) is 0 Å². The number of Topliss-reactive ketones (excluding diaryl/α,β-unsaturated/α-hetero) is 1. The normalized spacial score (nSPS) is 24.6. The highest BCUT2D eigenvalue weighted by atomic mass is 16.1. The average Bonchev–Trinajstić information content (AvgIpc) is 2.15. The molecule has 13 heavy (non-hydrogen) atoms. The van der Waals surface area contributed by atoms with Crippen LogP contribution in [0.4, 0.5) is 0 Å². The molecule has 4 heteroatoms. The zero-order valence-electron chi connectivity index (χ0n) is 8.25. The fraction of sp³-hybridized carbons (Fsp3) is 0.889. The summed E-state index contributed by atoms with van der Waals surface area (Å²) in [7, 11) is 0. The van der Waals surface area contributed by atoms with E-state index in [0.717, 1.165) is 32.6 Å². The van der Waals surface area contributed by atoms with Gasteiger partial charge < -0.3 is 11.1 Å². The van der Waals surface area contributed by atoms with Crippen molar-refractivity contribution in [2.45, 2.75) is 19.4 Å². The van der Waals surface area contributed by atoms with Gasteiger partial charge in [-0.2, -0.15) is 0 Å². The first-order valence-corrected chi connectivity index (χ1v) is 4.91. The van der Waals surface area contributed by atoms with Crippen LogP contribution in [0.2, 0.25) is 0 Å². The molecule has 0 saturated carbocycles. The smallest absolute Gasteiger partial charge is 0.148 e. The molecule has 0 spiro atoms. The largest absolute Gasteiger partial charge is 0.330 e. The van der Waals surface area contributed by atoms with Gasteiger partial charge >= 0.3 is 0 Å². The topological polar surface area (TPSA) is 58.4 Å². The van der Waals surface area contributed by atoms with Gasteiger partial charge in [-0.05, 0) is 19.9 Å². The van der Waals surface area contributed by atoms with Crippen molar-refractivity contribution < 1.29 is 4.79 Å². The second-order valence-corrected chi connectivity index (χ2v) is 3.51. The summed E-state index contributed by atoms with van der Waals surface area (Å²) in [5.41, 5.74) is 5.44. The zero-order valence-corrected chi connectivity index (χ0v) is 8.25. The molecule has 0 aromatic rings. The minimum atomic E-state index is 0.0697. The summed E-state index contributed by atoms with van der Waals surface area (Å²) in [5, 5.41) is 3.23. The molecule has 0 amide bonds. The first-order valence-electron chi connectivity index (χ1n) is 4.91. The summed E-state index contributed by atoms with van der Waals surface area (Å²) in [6, 6.07) is 0.0697. The van der Waals surface area contributed by atoms with E-state index in [1.54, 1.807) is 6.92 Å². The first kappa shape index (κ1) is 10.6. The van der Waals surface area contributed by atoms with Crippen molar-refractivity contribution in [3.8, 4) is 0 Å². The van der Waals surface area contributed by atoms with E-state index in [1.165, 1.54) is 0 Å². The number of hydrogen-bond acceptors (Lipinski definition) is 4. The molecule has 1 aliphatic rings. The predicted molar refractivity (Wildman–Crippen MR) is 52.6 cm³/mol. The van der Waals surface area contributed by atoms with Crippen molar-refractivity contribution in [2.24, 2.45) is 5.73 Å². The summed E-state index contributed by atoms with van der Waals surface area (Å²) in [5.74, 6) is 0.254. The van der Waals surface area contributed by atoms with Gasteiger partial charge in [-0.1, -0.05) is 0 Å². The fourth-order valence-corrected chi connectivity index (χ4v) is 1.71. The summed E-state index contributed by atoms with van der Waals surface area (Å²) >= 11 is 0. The van der Waals surface area contributed by atoms with E-state index < -0.39 is 0 Å². The molecule has 1 rings (SSSR count). The van der Waals surface area contributed by atoms with Crippen LogP contribution in [-0.2, 0) is 4.79 Å². The highest BCUT2D eigenvalue weighted by Crippen LogP contribution is 2.04. The van der Waals surface area contributed by atoms with Crippen LogP contribution in [0.3, 0.4) is 0 Å². The molecule has 3 N–H and O–H groups in total. The van der Waals surface area contributed by atoms with E-state index in [-0.39, 0.29) is 11.8 Å². The Hall–Kier alpha value is -0.450. The molecule has 0 radical (unpaired) electrons. The maximum atomic E-state index is 11.3. The van der Waals surface area contributed by atoms with E-state index in [2.05, 4.69) is 10.2 Å². The monoisotopic (exact) mass is 185 g/mol. The molecule has 4 nitrogen and oxygen atoms in total. The molecule has 76 valence electrons. The van der Waals surface area contributed by atoms with Crippen LogP contribution in [-0.4, -0.2) is 49.4 Å². The molecule has 1 unspecified atom stereocenters. The van der Waals surface area contributed by atoms with Gasteiger partial charge in [0.1, 0.15) is 5.78 Å². The van der Waals surface area contributed by atoms with Crippen LogP contribution in [0, 0.1) is 0 Å². The van der Waals surface area contributed by atoms with Gasteiger partial charge in [-0.3, -0.25) is 9.69 Å². The summed E-state index contributed by atoms with van der Waals surface area (Å²) in [6.45, 7) is 6.04. The van der Waals surface area contributed by atoms with E-state index in [9.17, 15) is 4.79 Å². The number of nitrogens with two attached hydrogens (primary N) is 1. The lowest BCUT2D eigenvalue weighted by Gasteiger charge is -2.34. The Morgan fingerprint density at radius 3 is 3.08 bits per heavy atom. The van der Waals surface area contributed by atoms with Gasteiger partial charge in [0.2, 0.25) is 0 Å². The standard InChI is InChI=1S/C9H19N3O/c1-8(13)9-7-11-4-6-12(9)5-2-3-10/h9,11H,2-7,10H2,1H3. The molecular formula is C9H19N3O. The van der Waals surface area contributed by atoms with Crippen molar-refractivity contribution in [2.75, 3.05) is 32.7 Å². The Morgan fingerprint density at radius 1 is 1.69 bits per heavy atom. The van der Waals surface area contributed by atoms with Crippen molar-refractivity contribution in [1.29, 1.82) is 0 Å². The van der Waals surface area contributed by atoms with E-state index in [4.69, 9.17) is 5.73 Å². The number of carbonyl (C=O) groups excluding carboxylic acids is 1. The summed E-state index contributed by atoms with van der Waals surface area (Å²) in [4.78, 5) is 13.5. The molecule has 0 aromatic heterocycles. The number of carbonyl (C=O) groups is 1. The van der Waals surface area contributed by atoms with Crippen molar-refractivity contribution in [1.82, 2.24) is 10.2 Å². The molecule has 0 aliphatic carbocycles. The second-order valence-electron chi connectivity index (χ2n) is 3.51. The van der Waals surface area contributed by atoms with E-state index >= 15 is 0 Å². The third kappa shape index (κ3) is 3.06. The van der Waals surface area contributed by atoms with Crippen LogP contribution in [0.25, 0.3) is 0 Å². The highest BCUT2D eigenvalue weighted by molar-refractivity contribution is 5.81. The van der Waals surface area contributed by atoms with Crippen LogP contribution in [0.5, 0.6) is 0 Å². The van der Waals surface area contributed by atoms with Gasteiger partial charge in [0.25, 0.3) is 0 Å². The Kier molecular flexibility index (Phi) is 4.35. The van der Waals surface area contributed by atoms with Gasteiger partial charge in [0.05, 0.1) is 6.04 Å². The lowest BCUT2D eigenvalue weighted by atomic mass is 10.1. The third-order valence-corrected chi connectivity index (χ3v) is 2.47. The number of ketones is 1. The summed E-state index contributed by atoms with van der Waals surface area (Å²) in [6.07, 6.45) is 0.976. The fourth-order valence-electron chi connectivity index (χ4n) is 1.71. The first-order chi connectivity index (χ1) is 6.25. The molecule has 1 saturated heterocycles. The SMILES string of the molecule is CC(=O)C1CNCCN1CCCN. The molecule has 1 fully saturated rings. The second kappa shape index (κ2) is 5.32. The molecule has 1 atom stereocenters. The van der Waals surface area contributed by atoms with Crippen LogP contribution in [0.1, 0.15) is 13.3 Å². The predicted octanol–water partition coefficient (Wildman–Crippen LogP) is -0.802. The van der Waals surface area contributed by atoms with Crippen LogP contribution >= 0.6 is 0 Å². The molecular weight excluding hydrogens is 166 g/mol. The Bertz CT molecular complexity index is 172. The number of hydrogen-bond donors (Lipinski definition) is 2. The molecule has 1 heterocycles. The lowest BCUT2D eigenvalue weighted by molar-refractivity contribution is -0.122. The number of piperazine rings is 1. The number of nitrogens with one attached hydrogen (secondary N) is 1. The molecule has 1 aliphatic heterocycles. The van der Waals surface area contributed by atoms with Crippen LogP contribution < -0.4 is 11.1 Å². The van der Waals surface area contributed by atoms with Gasteiger partial charge in [0.15, 0.2) is 0 Å². The van der Waals surface area contributed by atoms with Crippen molar-refractivity contribution >= 4 is 5.78 Å². The third-order valence-electron chi connectivity index (χ3n) is 2.47. The van der Waals surface area contributed by atoms with E-state index in [1.807, 2.05) is 0 Å².